The lowest BCUT2D eigenvalue weighted by molar-refractivity contribution is 0.207. The molecule has 2 fully saturated rings. The van der Waals surface area contributed by atoms with Crippen LogP contribution in [0.25, 0.3) is 0 Å². The summed E-state index contributed by atoms with van der Waals surface area (Å²) in [6, 6.07) is 7.93. The highest BCUT2D eigenvalue weighted by molar-refractivity contribution is 7.15. The molecule has 0 spiro atoms. The van der Waals surface area contributed by atoms with E-state index >= 15 is 0 Å². The number of aromatic nitrogens is 2. The molecular weight excluding hydrogens is 324 g/mol. The molecule has 7 heteroatoms. The molecule has 1 aliphatic carbocycles. The largest absolute Gasteiger partial charge is 0.497 e. The van der Waals surface area contributed by atoms with Gasteiger partial charge >= 0.3 is 6.03 Å². The van der Waals surface area contributed by atoms with Gasteiger partial charge in [-0.3, -0.25) is 5.32 Å². The van der Waals surface area contributed by atoms with Crippen molar-refractivity contribution in [3.8, 4) is 5.75 Å². The zero-order valence-electron chi connectivity index (χ0n) is 13.6. The predicted octanol–water partition coefficient (Wildman–Crippen LogP) is 3.79. The van der Waals surface area contributed by atoms with Gasteiger partial charge in [-0.1, -0.05) is 23.5 Å². The van der Waals surface area contributed by atoms with Crippen LogP contribution < -0.4 is 10.1 Å². The molecule has 2 heterocycles. The molecule has 1 aromatic carbocycles. The molecule has 1 N–H and O–H groups in total. The van der Waals surface area contributed by atoms with E-state index in [0.717, 1.165) is 35.7 Å². The van der Waals surface area contributed by atoms with Crippen molar-refractivity contribution in [3.05, 3.63) is 34.8 Å². The number of methoxy groups -OCH3 is 1. The minimum absolute atomic E-state index is 0.0796. The number of hydrogen-bond donors (Lipinski definition) is 1. The SMILES string of the molecule is COc1cccc(C2CCCN2C(=O)Nc2nnc(C3CC3)s2)c1. The van der Waals surface area contributed by atoms with E-state index in [2.05, 4.69) is 21.6 Å². The lowest BCUT2D eigenvalue weighted by atomic mass is 10.0. The average molecular weight is 344 g/mol. The number of carbonyl (C=O) groups is 1. The Labute approximate surface area is 144 Å². The molecule has 126 valence electrons. The summed E-state index contributed by atoms with van der Waals surface area (Å²) in [4.78, 5) is 14.6. The third kappa shape index (κ3) is 3.08. The molecule has 24 heavy (non-hydrogen) atoms. The summed E-state index contributed by atoms with van der Waals surface area (Å²) in [5, 5.41) is 12.8. The third-order valence-corrected chi connectivity index (χ3v) is 5.57. The van der Waals surface area contributed by atoms with Crippen LogP contribution in [0, 0.1) is 0 Å². The van der Waals surface area contributed by atoms with Gasteiger partial charge in [0.1, 0.15) is 10.8 Å². The van der Waals surface area contributed by atoms with Gasteiger partial charge in [-0.2, -0.15) is 0 Å². The zero-order chi connectivity index (χ0) is 16.5. The monoisotopic (exact) mass is 344 g/mol. The molecule has 1 saturated heterocycles. The predicted molar refractivity (Wildman–Crippen MR) is 92.6 cm³/mol. The Morgan fingerprint density at radius 2 is 2.21 bits per heavy atom. The topological polar surface area (TPSA) is 67.3 Å². The molecule has 1 aliphatic heterocycles. The molecule has 1 atom stereocenters. The second-order valence-electron chi connectivity index (χ2n) is 6.28. The number of ether oxygens (including phenoxy) is 1. The van der Waals surface area contributed by atoms with Gasteiger partial charge in [0.05, 0.1) is 13.2 Å². The van der Waals surface area contributed by atoms with Crippen molar-refractivity contribution >= 4 is 22.5 Å². The maximum absolute atomic E-state index is 12.7. The number of anilines is 1. The quantitative estimate of drug-likeness (QED) is 0.916. The van der Waals surface area contributed by atoms with Crippen LogP contribution in [-0.2, 0) is 0 Å². The maximum atomic E-state index is 12.7. The highest BCUT2D eigenvalue weighted by Gasteiger charge is 2.32. The Morgan fingerprint density at radius 3 is 3.00 bits per heavy atom. The van der Waals surface area contributed by atoms with E-state index in [-0.39, 0.29) is 12.1 Å². The van der Waals surface area contributed by atoms with Crippen molar-refractivity contribution in [1.29, 1.82) is 0 Å². The van der Waals surface area contributed by atoms with E-state index in [9.17, 15) is 4.79 Å². The molecule has 2 amide bonds. The van der Waals surface area contributed by atoms with Crippen molar-refractivity contribution in [2.45, 2.75) is 37.6 Å². The second-order valence-corrected chi connectivity index (χ2v) is 7.29. The highest BCUT2D eigenvalue weighted by atomic mass is 32.1. The first kappa shape index (κ1) is 15.4. The number of urea groups is 1. The van der Waals surface area contributed by atoms with Gasteiger partial charge in [-0.15, -0.1) is 10.2 Å². The van der Waals surface area contributed by atoms with E-state index in [1.54, 1.807) is 7.11 Å². The number of nitrogens with zero attached hydrogens (tertiary/aromatic N) is 3. The fourth-order valence-corrected chi connectivity index (χ4v) is 4.05. The number of nitrogens with one attached hydrogen (secondary N) is 1. The number of rotatable bonds is 4. The van der Waals surface area contributed by atoms with Gasteiger partial charge in [0, 0.05) is 12.5 Å². The Balaban J connectivity index is 1.47. The lowest BCUT2D eigenvalue weighted by Gasteiger charge is -2.25. The first-order chi connectivity index (χ1) is 11.7. The summed E-state index contributed by atoms with van der Waals surface area (Å²) in [7, 11) is 1.66. The molecule has 6 nitrogen and oxygen atoms in total. The minimum Gasteiger partial charge on any atom is -0.497 e. The van der Waals surface area contributed by atoms with E-state index in [0.29, 0.717) is 11.0 Å². The van der Waals surface area contributed by atoms with E-state index < -0.39 is 0 Å². The number of amides is 2. The van der Waals surface area contributed by atoms with Crippen molar-refractivity contribution in [3.63, 3.8) is 0 Å². The standard InChI is InChI=1S/C17H20N4O2S/c1-23-13-5-2-4-12(10-13)14-6-3-9-21(14)17(22)18-16-20-19-15(24-16)11-7-8-11/h2,4-5,10-11,14H,3,6-9H2,1H3,(H,18,20,22). The molecule has 2 aliphatic rings. The van der Waals surface area contributed by atoms with E-state index in [1.807, 2.05) is 23.1 Å². The minimum atomic E-state index is -0.0983. The second kappa shape index (κ2) is 6.39. The number of likely N-dealkylation sites (tertiary alicyclic amines) is 1. The molecule has 0 bridgehead atoms. The smallest absolute Gasteiger partial charge is 0.324 e. The fraction of sp³-hybridized carbons (Fsp3) is 0.471. The zero-order valence-corrected chi connectivity index (χ0v) is 14.4. The normalized spacial score (nSPS) is 20.2. The van der Waals surface area contributed by atoms with Gasteiger partial charge in [-0.05, 0) is 43.4 Å². The molecule has 1 unspecified atom stereocenters. The highest BCUT2D eigenvalue weighted by Crippen LogP contribution is 2.42. The molecule has 1 aromatic heterocycles. The van der Waals surface area contributed by atoms with Crippen molar-refractivity contribution in [2.24, 2.45) is 0 Å². The number of carbonyl (C=O) groups excluding carboxylic acids is 1. The summed E-state index contributed by atoms with van der Waals surface area (Å²) < 4.78 is 5.30. The summed E-state index contributed by atoms with van der Waals surface area (Å²) in [6.45, 7) is 0.752. The first-order valence-electron chi connectivity index (χ1n) is 8.29. The summed E-state index contributed by atoms with van der Waals surface area (Å²) in [5.41, 5.74) is 1.11. The summed E-state index contributed by atoms with van der Waals surface area (Å²) in [5.74, 6) is 1.38. The molecule has 1 saturated carbocycles. The number of hydrogen-bond acceptors (Lipinski definition) is 5. The van der Waals surface area contributed by atoms with E-state index in [1.165, 1.54) is 24.2 Å². The molecule has 2 aromatic rings. The van der Waals surface area contributed by atoms with Crippen LogP contribution in [0.3, 0.4) is 0 Å². The van der Waals surface area contributed by atoms with Crippen LogP contribution in [0.5, 0.6) is 5.75 Å². The Bertz CT molecular complexity index is 744. The van der Waals surface area contributed by atoms with Gasteiger partial charge in [0.2, 0.25) is 5.13 Å². The third-order valence-electron chi connectivity index (χ3n) is 4.57. The van der Waals surface area contributed by atoms with Crippen LogP contribution in [-0.4, -0.2) is 34.8 Å². The maximum Gasteiger partial charge on any atom is 0.324 e. The van der Waals surface area contributed by atoms with Crippen LogP contribution in [0.2, 0.25) is 0 Å². The van der Waals surface area contributed by atoms with Crippen LogP contribution in [0.4, 0.5) is 9.93 Å². The van der Waals surface area contributed by atoms with Crippen molar-refractivity contribution < 1.29 is 9.53 Å². The van der Waals surface area contributed by atoms with Gasteiger partial charge in [0.25, 0.3) is 0 Å². The van der Waals surface area contributed by atoms with Crippen LogP contribution in [0.1, 0.15) is 48.2 Å². The Hall–Kier alpha value is -2.15. The van der Waals surface area contributed by atoms with Gasteiger partial charge in [-0.25, -0.2) is 4.79 Å². The molecule has 4 rings (SSSR count). The van der Waals surface area contributed by atoms with Crippen LogP contribution >= 0.6 is 11.3 Å². The van der Waals surface area contributed by atoms with Crippen molar-refractivity contribution in [1.82, 2.24) is 15.1 Å². The average Bonchev–Trinajstić information content (AvgIpc) is 3.15. The van der Waals surface area contributed by atoms with Gasteiger partial charge in [0.15, 0.2) is 0 Å². The van der Waals surface area contributed by atoms with Crippen LogP contribution in [0.15, 0.2) is 24.3 Å². The summed E-state index contributed by atoms with van der Waals surface area (Å²) in [6.07, 6.45) is 4.34. The molecule has 0 radical (unpaired) electrons. The first-order valence-corrected chi connectivity index (χ1v) is 9.11. The summed E-state index contributed by atoms with van der Waals surface area (Å²) >= 11 is 1.49. The Morgan fingerprint density at radius 1 is 1.33 bits per heavy atom. The lowest BCUT2D eigenvalue weighted by Crippen LogP contribution is -2.34. The van der Waals surface area contributed by atoms with E-state index in [4.69, 9.17) is 4.74 Å². The number of benzene rings is 1. The molecular formula is C17H20N4O2S. The van der Waals surface area contributed by atoms with Gasteiger partial charge < -0.3 is 9.64 Å². The van der Waals surface area contributed by atoms with Crippen molar-refractivity contribution in [2.75, 3.05) is 19.0 Å². The Kier molecular flexibility index (Phi) is 4.10. The fourth-order valence-electron chi connectivity index (χ4n) is 3.15.